The van der Waals surface area contributed by atoms with Gasteiger partial charge >= 0.3 is 0 Å². The number of carbonyl (C=O) groups excluding carboxylic acids is 3. The molecule has 2 unspecified atom stereocenters. The zero-order chi connectivity index (χ0) is 27.9. The normalized spacial score (nSPS) is 29.7. The van der Waals surface area contributed by atoms with E-state index in [4.69, 9.17) is 16.3 Å². The summed E-state index contributed by atoms with van der Waals surface area (Å²) in [6.07, 6.45) is 1.80. The zero-order valence-corrected chi connectivity index (χ0v) is 23.8. The van der Waals surface area contributed by atoms with Gasteiger partial charge in [-0.15, -0.1) is 11.8 Å². The largest absolute Gasteiger partial charge is 0.494 e. The molecule has 0 radical (unpaired) electrons. The van der Waals surface area contributed by atoms with E-state index < -0.39 is 33.4 Å². The van der Waals surface area contributed by atoms with Crippen LogP contribution in [0, 0.1) is 11.8 Å². The number of aliphatic hydroxyl groups is 1. The molecule has 2 bridgehead atoms. The number of para-hydroxylation sites is 1. The fraction of sp³-hybridized carbons (Fsp3) is 0.483. The number of hydrogen-bond acceptors (Lipinski definition) is 6. The summed E-state index contributed by atoms with van der Waals surface area (Å²) in [6.45, 7) is 6.08. The van der Waals surface area contributed by atoms with E-state index in [1.807, 2.05) is 20.8 Å². The van der Waals surface area contributed by atoms with E-state index in [9.17, 15) is 19.5 Å². The molecule has 6 atom stereocenters. The highest BCUT2D eigenvalue weighted by Crippen LogP contribution is 2.71. The minimum Gasteiger partial charge on any atom is -0.494 e. The summed E-state index contributed by atoms with van der Waals surface area (Å²) in [4.78, 5) is 43.5. The van der Waals surface area contributed by atoms with Crippen molar-refractivity contribution in [3.63, 3.8) is 0 Å². The lowest BCUT2D eigenvalue weighted by atomic mass is 9.66. The third-order valence-corrected chi connectivity index (χ3v) is 10.7. The lowest BCUT2D eigenvalue weighted by molar-refractivity contribution is -0.141. The predicted molar refractivity (Wildman–Crippen MR) is 153 cm³/mol. The van der Waals surface area contributed by atoms with Crippen LogP contribution in [0.3, 0.4) is 0 Å². The van der Waals surface area contributed by atoms with Crippen LogP contribution in [0.25, 0.3) is 0 Å². The van der Waals surface area contributed by atoms with Crippen molar-refractivity contribution in [2.75, 3.05) is 23.8 Å². The monoisotopic (exact) mass is 571 g/mol. The van der Waals surface area contributed by atoms with E-state index in [0.29, 0.717) is 48.0 Å². The van der Waals surface area contributed by atoms with Crippen LogP contribution in [0.2, 0.25) is 5.02 Å². The van der Waals surface area contributed by atoms with Gasteiger partial charge < -0.3 is 25.4 Å². The number of ether oxygens (including phenoxy) is 1. The van der Waals surface area contributed by atoms with Crippen LogP contribution in [-0.2, 0) is 14.4 Å². The van der Waals surface area contributed by atoms with Gasteiger partial charge in [-0.05, 0) is 69.5 Å². The minimum atomic E-state index is -0.849. The first-order chi connectivity index (χ1) is 18.7. The van der Waals surface area contributed by atoms with E-state index in [1.165, 1.54) is 0 Å². The highest BCUT2D eigenvalue weighted by molar-refractivity contribution is 8.02. The Labute approximate surface area is 237 Å². The van der Waals surface area contributed by atoms with Gasteiger partial charge in [0.15, 0.2) is 0 Å². The number of fused-ring (bicyclic) bond motifs is 1. The van der Waals surface area contributed by atoms with Crippen LogP contribution < -0.4 is 15.4 Å². The van der Waals surface area contributed by atoms with Crippen LogP contribution in [0.1, 0.15) is 40.0 Å². The lowest BCUT2D eigenvalue weighted by Crippen LogP contribution is -2.54. The molecule has 0 aliphatic carbocycles. The third-order valence-electron chi connectivity index (χ3n) is 8.39. The molecule has 5 rings (SSSR count). The summed E-state index contributed by atoms with van der Waals surface area (Å²) < 4.78 is 4.20. The topological polar surface area (TPSA) is 108 Å². The molecule has 3 amide bonds. The van der Waals surface area contributed by atoms with E-state index in [0.717, 1.165) is 0 Å². The van der Waals surface area contributed by atoms with Crippen LogP contribution >= 0.6 is 23.4 Å². The Morgan fingerprint density at radius 2 is 1.85 bits per heavy atom. The van der Waals surface area contributed by atoms with Crippen molar-refractivity contribution in [2.24, 2.45) is 11.8 Å². The van der Waals surface area contributed by atoms with Gasteiger partial charge in [0.2, 0.25) is 17.7 Å². The third kappa shape index (κ3) is 4.58. The number of amides is 3. The van der Waals surface area contributed by atoms with Crippen molar-refractivity contribution in [1.82, 2.24) is 4.90 Å². The van der Waals surface area contributed by atoms with Gasteiger partial charge in [-0.25, -0.2) is 0 Å². The maximum absolute atomic E-state index is 14.2. The molecule has 2 aromatic rings. The second-order valence-electron chi connectivity index (χ2n) is 10.6. The molecular formula is C29H34ClN3O5S. The molecule has 3 heterocycles. The standard InChI is InChI=1S/C29H34ClN3O5S/c1-4-18(16-34)33-24(26(36)32-21-9-7-6-8-20(21)30)29-15-14-28(3,39-29)22(23(29)27(33)37)25(35)31-17-10-12-19(13-11-17)38-5-2/h6-13,18,22-24,34H,4-5,14-16H2,1-3H3,(H,31,35)(H,32,36)/t18-,22+,23-,24?,28-,29?/m0/s1. The molecule has 8 nitrogen and oxygen atoms in total. The number of thioether (sulfide) groups is 1. The summed E-state index contributed by atoms with van der Waals surface area (Å²) in [5.74, 6) is -1.45. The Hall–Kier alpha value is -2.75. The van der Waals surface area contributed by atoms with E-state index in [-0.39, 0.29) is 24.3 Å². The minimum absolute atomic E-state index is 0.238. The van der Waals surface area contributed by atoms with Gasteiger partial charge in [0.05, 0.1) is 46.5 Å². The second kappa shape index (κ2) is 10.7. The average Bonchev–Trinajstić information content (AvgIpc) is 3.48. The first-order valence-electron chi connectivity index (χ1n) is 13.4. The Morgan fingerprint density at radius 1 is 1.13 bits per heavy atom. The number of nitrogens with zero attached hydrogens (tertiary/aromatic N) is 1. The number of rotatable bonds is 9. The molecule has 10 heteroatoms. The predicted octanol–water partition coefficient (Wildman–Crippen LogP) is 4.57. The number of carbonyl (C=O) groups is 3. The van der Waals surface area contributed by atoms with Crippen LogP contribution in [0.4, 0.5) is 11.4 Å². The van der Waals surface area contributed by atoms with Crippen LogP contribution in [0.15, 0.2) is 48.5 Å². The lowest BCUT2D eigenvalue weighted by Gasteiger charge is -2.36. The number of anilines is 2. The van der Waals surface area contributed by atoms with Crippen molar-refractivity contribution in [3.05, 3.63) is 53.6 Å². The van der Waals surface area contributed by atoms with Crippen molar-refractivity contribution in [3.8, 4) is 5.75 Å². The van der Waals surface area contributed by atoms with Crippen LogP contribution in [0.5, 0.6) is 5.75 Å². The fourth-order valence-electron chi connectivity index (χ4n) is 6.66. The van der Waals surface area contributed by atoms with Crippen molar-refractivity contribution >= 4 is 52.5 Å². The molecular weight excluding hydrogens is 538 g/mol. The molecule has 0 aromatic heterocycles. The first-order valence-corrected chi connectivity index (χ1v) is 14.6. The Balaban J connectivity index is 1.49. The number of nitrogens with one attached hydrogen (secondary N) is 2. The summed E-state index contributed by atoms with van der Waals surface area (Å²) >= 11 is 7.92. The summed E-state index contributed by atoms with van der Waals surface area (Å²) in [7, 11) is 0. The number of hydrogen-bond donors (Lipinski definition) is 3. The fourth-order valence-corrected chi connectivity index (χ4v) is 9.18. The molecule has 3 saturated heterocycles. The van der Waals surface area contributed by atoms with Crippen molar-refractivity contribution in [1.29, 1.82) is 0 Å². The maximum atomic E-state index is 14.2. The number of aliphatic hydroxyl groups excluding tert-OH is 1. The van der Waals surface area contributed by atoms with Gasteiger partial charge in [-0.3, -0.25) is 14.4 Å². The molecule has 1 spiro atoms. The number of likely N-dealkylation sites (tertiary alicyclic amines) is 1. The summed E-state index contributed by atoms with van der Waals surface area (Å²) in [5.41, 5.74) is 1.08. The molecule has 2 aromatic carbocycles. The Kier molecular flexibility index (Phi) is 7.61. The van der Waals surface area contributed by atoms with Crippen molar-refractivity contribution in [2.45, 2.75) is 61.6 Å². The summed E-state index contributed by atoms with van der Waals surface area (Å²) in [5, 5.41) is 16.5. The second-order valence-corrected chi connectivity index (χ2v) is 12.9. The smallest absolute Gasteiger partial charge is 0.248 e. The highest BCUT2D eigenvalue weighted by Gasteiger charge is 2.77. The van der Waals surface area contributed by atoms with E-state index >= 15 is 0 Å². The summed E-state index contributed by atoms with van der Waals surface area (Å²) in [6, 6.07) is 12.7. The first kappa shape index (κ1) is 27.8. The molecule has 39 heavy (non-hydrogen) atoms. The van der Waals surface area contributed by atoms with Gasteiger partial charge in [0, 0.05) is 10.4 Å². The van der Waals surface area contributed by atoms with E-state index in [1.54, 1.807) is 65.2 Å². The Morgan fingerprint density at radius 3 is 2.49 bits per heavy atom. The molecule has 3 fully saturated rings. The number of halogens is 1. The quantitative estimate of drug-likeness (QED) is 0.407. The molecule has 3 aliphatic heterocycles. The van der Waals surface area contributed by atoms with Gasteiger partial charge in [0.25, 0.3) is 0 Å². The highest BCUT2D eigenvalue weighted by atomic mass is 35.5. The van der Waals surface area contributed by atoms with Crippen molar-refractivity contribution < 1.29 is 24.2 Å². The molecule has 3 N–H and O–H groups in total. The zero-order valence-electron chi connectivity index (χ0n) is 22.3. The van der Waals surface area contributed by atoms with Gasteiger partial charge in [-0.1, -0.05) is 30.7 Å². The SMILES string of the molecule is CCOc1ccc(NC(=O)[C@H]2[C@H]3C(=O)N([C@@H](CC)CO)C(C(=O)Nc4ccccc4Cl)C34CC[C@]2(C)S4)cc1. The molecule has 3 aliphatic rings. The average molecular weight is 572 g/mol. The van der Waals surface area contributed by atoms with Gasteiger partial charge in [0.1, 0.15) is 11.8 Å². The van der Waals surface area contributed by atoms with Gasteiger partial charge in [-0.2, -0.15) is 0 Å². The maximum Gasteiger partial charge on any atom is 0.248 e. The molecule has 0 saturated carbocycles. The van der Waals surface area contributed by atoms with E-state index in [2.05, 4.69) is 10.6 Å². The number of benzene rings is 2. The molecule has 208 valence electrons. The Bertz CT molecular complexity index is 1270. The van der Waals surface area contributed by atoms with Crippen LogP contribution in [-0.4, -0.2) is 62.5 Å².